The van der Waals surface area contributed by atoms with Crippen LogP contribution >= 0.6 is 0 Å². The quantitative estimate of drug-likeness (QED) is 0.456. The van der Waals surface area contributed by atoms with Gasteiger partial charge in [-0.3, -0.25) is 0 Å². The van der Waals surface area contributed by atoms with Gasteiger partial charge in [0.2, 0.25) is 0 Å². The van der Waals surface area contributed by atoms with Gasteiger partial charge in [0.25, 0.3) is 0 Å². The van der Waals surface area contributed by atoms with E-state index in [-0.39, 0.29) is 0 Å². The molecule has 10 heavy (non-hydrogen) atoms. The molecule has 1 unspecified atom stereocenters. The molecule has 0 radical (unpaired) electrons. The molecule has 3 nitrogen and oxygen atoms in total. The van der Waals surface area contributed by atoms with Gasteiger partial charge in [0.1, 0.15) is 0 Å². The number of allylic oxidation sites excluding steroid dienone is 1. The molecule has 0 aliphatic heterocycles. The first-order chi connectivity index (χ1) is 4.66. The average Bonchev–Trinajstić information content (AvgIpc) is 1.88. The molecule has 0 aromatic heterocycles. The molecule has 0 saturated carbocycles. The van der Waals surface area contributed by atoms with Gasteiger partial charge in [-0.05, 0) is 18.6 Å². The number of hydrogen-bond acceptors (Lipinski definition) is 3. The van der Waals surface area contributed by atoms with E-state index in [2.05, 4.69) is 0 Å². The van der Waals surface area contributed by atoms with E-state index in [1.54, 1.807) is 0 Å². The van der Waals surface area contributed by atoms with Gasteiger partial charge < -0.3 is 17.2 Å². The number of hydrogen-bond donors (Lipinski definition) is 3. The Morgan fingerprint density at radius 1 is 1.60 bits per heavy atom. The van der Waals surface area contributed by atoms with E-state index in [9.17, 15) is 0 Å². The first kappa shape index (κ1) is 7.31. The maximum Gasteiger partial charge on any atom is 0.0521 e. The summed E-state index contributed by atoms with van der Waals surface area (Å²) in [6.45, 7) is 0.442. The van der Waals surface area contributed by atoms with Crippen LogP contribution in [0.4, 0.5) is 0 Å². The highest BCUT2D eigenvalue weighted by Crippen LogP contribution is 2.14. The zero-order chi connectivity index (χ0) is 7.61. The lowest BCUT2D eigenvalue weighted by molar-refractivity contribution is 0.539. The van der Waals surface area contributed by atoms with Crippen LogP contribution in [-0.2, 0) is 0 Å². The third-order valence-electron chi connectivity index (χ3n) is 1.64. The van der Waals surface area contributed by atoms with Crippen molar-refractivity contribution in [1.29, 1.82) is 0 Å². The summed E-state index contributed by atoms with van der Waals surface area (Å²) in [5, 5.41) is 0. The van der Waals surface area contributed by atoms with Crippen LogP contribution in [0.3, 0.4) is 0 Å². The first-order valence-electron chi connectivity index (χ1n) is 3.30. The summed E-state index contributed by atoms with van der Waals surface area (Å²) in [5.41, 5.74) is 17.1. The van der Waals surface area contributed by atoms with Crippen molar-refractivity contribution in [2.24, 2.45) is 17.2 Å². The van der Waals surface area contributed by atoms with E-state index in [4.69, 9.17) is 17.2 Å². The molecule has 1 atom stereocenters. The smallest absolute Gasteiger partial charge is 0.0521 e. The topological polar surface area (TPSA) is 78.1 Å². The second-order valence-corrected chi connectivity index (χ2v) is 2.69. The maximum absolute atomic E-state index is 5.82. The summed E-state index contributed by atoms with van der Waals surface area (Å²) >= 11 is 0. The predicted octanol–water partition coefficient (Wildman–Crippen LogP) is -0.555. The van der Waals surface area contributed by atoms with Crippen LogP contribution in [0.1, 0.15) is 6.42 Å². The molecule has 3 heteroatoms. The van der Waals surface area contributed by atoms with Crippen LogP contribution in [-0.4, -0.2) is 12.1 Å². The van der Waals surface area contributed by atoms with Gasteiger partial charge in [-0.1, -0.05) is 6.08 Å². The normalized spacial score (nSPS) is 32.0. The van der Waals surface area contributed by atoms with Crippen LogP contribution in [0.15, 0.2) is 23.9 Å². The fourth-order valence-electron chi connectivity index (χ4n) is 0.996. The van der Waals surface area contributed by atoms with Crippen molar-refractivity contribution in [1.82, 2.24) is 0 Å². The summed E-state index contributed by atoms with van der Waals surface area (Å²) in [6, 6.07) is 0. The zero-order valence-electron chi connectivity index (χ0n) is 5.88. The highest BCUT2D eigenvalue weighted by molar-refractivity contribution is 5.27. The summed E-state index contributed by atoms with van der Waals surface area (Å²) in [5.74, 6) is 0. The molecule has 1 aliphatic rings. The Morgan fingerprint density at radius 2 is 2.30 bits per heavy atom. The number of rotatable bonds is 1. The molecule has 6 N–H and O–H groups in total. The molecule has 0 saturated heterocycles. The third kappa shape index (κ3) is 1.37. The SMILES string of the molecule is NCC1(N)C=C(N)C=CC1. The van der Waals surface area contributed by atoms with E-state index in [0.717, 1.165) is 6.42 Å². The highest BCUT2D eigenvalue weighted by Gasteiger charge is 2.20. The monoisotopic (exact) mass is 139 g/mol. The average molecular weight is 139 g/mol. The van der Waals surface area contributed by atoms with Crippen LogP contribution < -0.4 is 17.2 Å². The second-order valence-electron chi connectivity index (χ2n) is 2.69. The predicted molar refractivity (Wildman–Crippen MR) is 42.0 cm³/mol. The van der Waals surface area contributed by atoms with Gasteiger partial charge in [-0.2, -0.15) is 0 Å². The molecule has 0 bridgehead atoms. The van der Waals surface area contributed by atoms with Crippen LogP contribution in [0, 0.1) is 0 Å². The van der Waals surface area contributed by atoms with Crippen LogP contribution in [0.5, 0.6) is 0 Å². The lowest BCUT2D eigenvalue weighted by Crippen LogP contribution is -2.46. The summed E-state index contributed by atoms with van der Waals surface area (Å²) in [6.07, 6.45) is 6.39. The minimum Gasteiger partial charge on any atom is -0.399 e. The van der Waals surface area contributed by atoms with Gasteiger partial charge in [0.05, 0.1) is 5.54 Å². The van der Waals surface area contributed by atoms with Gasteiger partial charge in [0, 0.05) is 12.2 Å². The fourth-order valence-corrected chi connectivity index (χ4v) is 0.996. The molecule has 0 heterocycles. The van der Waals surface area contributed by atoms with Crippen molar-refractivity contribution < 1.29 is 0 Å². The largest absolute Gasteiger partial charge is 0.399 e. The lowest BCUT2D eigenvalue weighted by Gasteiger charge is -2.25. The van der Waals surface area contributed by atoms with Crippen molar-refractivity contribution in [3.05, 3.63) is 23.9 Å². The Labute approximate surface area is 60.6 Å². The zero-order valence-corrected chi connectivity index (χ0v) is 5.88. The van der Waals surface area contributed by atoms with E-state index in [1.165, 1.54) is 0 Å². The van der Waals surface area contributed by atoms with Gasteiger partial charge in [0.15, 0.2) is 0 Å². The molecule has 0 fully saturated rings. The lowest BCUT2D eigenvalue weighted by atomic mass is 9.92. The van der Waals surface area contributed by atoms with Crippen LogP contribution in [0.2, 0.25) is 0 Å². The first-order valence-corrected chi connectivity index (χ1v) is 3.30. The second kappa shape index (κ2) is 2.44. The Bertz CT molecular complexity index is 183. The van der Waals surface area contributed by atoms with Gasteiger partial charge in [-0.25, -0.2) is 0 Å². The molecule has 56 valence electrons. The molecular weight excluding hydrogens is 126 g/mol. The van der Waals surface area contributed by atoms with Crippen molar-refractivity contribution >= 4 is 0 Å². The summed E-state index contributed by atoms with van der Waals surface area (Å²) in [4.78, 5) is 0. The van der Waals surface area contributed by atoms with Crippen molar-refractivity contribution in [2.45, 2.75) is 12.0 Å². The van der Waals surface area contributed by atoms with E-state index in [1.807, 2.05) is 18.2 Å². The summed E-state index contributed by atoms with van der Waals surface area (Å²) < 4.78 is 0. The van der Waals surface area contributed by atoms with E-state index >= 15 is 0 Å². The Hall–Kier alpha value is -0.800. The minimum atomic E-state index is -0.404. The maximum atomic E-state index is 5.82. The molecule has 1 aliphatic carbocycles. The fraction of sp³-hybridized carbons (Fsp3) is 0.429. The van der Waals surface area contributed by atoms with Crippen LogP contribution in [0.25, 0.3) is 0 Å². The van der Waals surface area contributed by atoms with Crippen molar-refractivity contribution in [3.8, 4) is 0 Å². The van der Waals surface area contributed by atoms with Crippen molar-refractivity contribution in [2.75, 3.05) is 6.54 Å². The highest BCUT2D eigenvalue weighted by atomic mass is 14.8. The minimum absolute atomic E-state index is 0.404. The Kier molecular flexibility index (Phi) is 1.78. The molecule has 0 aromatic carbocycles. The number of nitrogens with two attached hydrogens (primary N) is 3. The summed E-state index contributed by atoms with van der Waals surface area (Å²) in [7, 11) is 0. The molecule has 1 rings (SSSR count). The van der Waals surface area contributed by atoms with E-state index in [0.29, 0.717) is 12.2 Å². The van der Waals surface area contributed by atoms with Crippen molar-refractivity contribution in [3.63, 3.8) is 0 Å². The Morgan fingerprint density at radius 3 is 2.70 bits per heavy atom. The Balaban J connectivity index is 2.76. The molecule has 0 amide bonds. The standard InChI is InChI=1S/C7H13N3/c8-5-7(10)3-1-2-6(9)4-7/h1-2,4H,3,5,8-10H2. The molecule has 0 aromatic rings. The van der Waals surface area contributed by atoms with Gasteiger partial charge >= 0.3 is 0 Å². The molecule has 0 spiro atoms. The third-order valence-corrected chi connectivity index (χ3v) is 1.64. The van der Waals surface area contributed by atoms with Gasteiger partial charge in [-0.15, -0.1) is 0 Å². The molecular formula is C7H13N3. The van der Waals surface area contributed by atoms with E-state index < -0.39 is 5.54 Å².